The molecule has 0 N–H and O–H groups in total. The third kappa shape index (κ3) is 7.94. The molecule has 344 valence electrons. The Morgan fingerprint density at radius 1 is 0.212 bits per heavy atom. The van der Waals surface area contributed by atoms with Crippen LogP contribution in [0, 0.1) is 128 Å². The molecule has 0 saturated carbocycles. The molecule has 0 saturated heterocycles. The van der Waals surface area contributed by atoms with Crippen molar-refractivity contribution in [2.24, 2.45) is 0 Å². The van der Waals surface area contributed by atoms with Crippen LogP contribution in [0.2, 0.25) is 0 Å². The second-order valence-corrected chi connectivity index (χ2v) is 23.8. The second-order valence-electron chi connectivity index (χ2n) is 13.3. The minimum absolute atomic E-state index is 0.255. The van der Waals surface area contributed by atoms with Crippen molar-refractivity contribution in [1.29, 1.82) is 0 Å². The Balaban J connectivity index is 0.000000284. The van der Waals surface area contributed by atoms with Gasteiger partial charge in [0.15, 0.2) is 14.7 Å². The number of benzene rings is 7. The SMILES string of the molecule is Fc1c(F)c(F)[c]([Ga-]([c]2c(F)c(F)c(F)c(F)c2F)([c]2c(F)c(F)c(F)c(F)c2F)[c]2c(F)c(F)c(F)c(F)c2F)c(F)c1F.Fc1ccc([S+](c2ccccc2)c2ccc(F)cc2)cc1. The molecule has 0 bridgehead atoms. The number of hydrogen-bond donors (Lipinski definition) is 0. The minimum atomic E-state index is -9.74. The van der Waals surface area contributed by atoms with Crippen LogP contribution in [-0.4, -0.2) is 15.0 Å². The summed E-state index contributed by atoms with van der Waals surface area (Å²) in [7, 11) is -0.365. The van der Waals surface area contributed by atoms with Crippen molar-refractivity contribution in [2.45, 2.75) is 14.7 Å². The van der Waals surface area contributed by atoms with Gasteiger partial charge in [0, 0.05) is 0 Å². The molecular formula is C42H13F22GaS. The van der Waals surface area contributed by atoms with E-state index in [2.05, 4.69) is 0 Å². The van der Waals surface area contributed by atoms with E-state index in [1.165, 1.54) is 24.3 Å². The topological polar surface area (TPSA) is 0 Å². The fourth-order valence-electron chi connectivity index (χ4n) is 6.98. The summed E-state index contributed by atoms with van der Waals surface area (Å²) in [6.45, 7) is 0. The normalized spacial score (nSPS) is 11.6. The van der Waals surface area contributed by atoms with Gasteiger partial charge in [-0.25, -0.2) is 8.78 Å². The van der Waals surface area contributed by atoms with Gasteiger partial charge in [-0.05, 0) is 60.7 Å². The summed E-state index contributed by atoms with van der Waals surface area (Å²) in [4.78, 5) is 3.14. The summed E-state index contributed by atoms with van der Waals surface area (Å²) in [5, 5.41) is 0. The summed E-state index contributed by atoms with van der Waals surface area (Å²) >= 11 is -9.74. The molecule has 0 aliphatic carbocycles. The van der Waals surface area contributed by atoms with Gasteiger partial charge in [-0.15, -0.1) is 0 Å². The monoisotopic (exact) mass is 1040 g/mol. The first-order valence-corrected chi connectivity index (χ1v) is 23.5. The molecule has 0 aliphatic heterocycles. The molecule has 0 unspecified atom stereocenters. The Hall–Kier alpha value is -6.01. The van der Waals surface area contributed by atoms with Gasteiger partial charge >= 0.3 is 236 Å². The van der Waals surface area contributed by atoms with E-state index in [4.69, 9.17) is 0 Å². The molecule has 0 aromatic heterocycles. The predicted molar refractivity (Wildman–Crippen MR) is 191 cm³/mol. The van der Waals surface area contributed by atoms with Crippen LogP contribution in [0.15, 0.2) is 93.5 Å². The maximum Gasteiger partial charge on any atom is 0.166 e. The quantitative estimate of drug-likeness (QED) is 0.0491. The van der Waals surface area contributed by atoms with E-state index < -0.39 is 148 Å². The van der Waals surface area contributed by atoms with Crippen molar-refractivity contribution in [3.63, 3.8) is 0 Å². The Bertz CT molecular complexity index is 2610. The van der Waals surface area contributed by atoms with Crippen LogP contribution in [0.4, 0.5) is 96.6 Å². The maximum atomic E-state index is 15.4. The van der Waals surface area contributed by atoms with Crippen molar-refractivity contribution in [3.8, 4) is 0 Å². The largest absolute Gasteiger partial charge is 0.207 e. The van der Waals surface area contributed by atoms with Gasteiger partial charge in [0.2, 0.25) is 0 Å². The molecular weight excluding hydrogens is 1020 g/mol. The predicted octanol–water partition coefficient (Wildman–Crippen LogP) is 10.9. The van der Waals surface area contributed by atoms with E-state index in [9.17, 15) is 61.5 Å². The number of rotatable bonds is 7. The van der Waals surface area contributed by atoms with Crippen LogP contribution < -0.4 is 16.5 Å². The van der Waals surface area contributed by atoms with Crippen LogP contribution in [0.1, 0.15) is 0 Å². The molecule has 0 spiro atoms. The van der Waals surface area contributed by atoms with Gasteiger partial charge in [0.1, 0.15) is 11.6 Å². The molecule has 0 atom stereocenters. The van der Waals surface area contributed by atoms with Gasteiger partial charge in [-0.1, -0.05) is 18.2 Å². The fourth-order valence-corrected chi connectivity index (χ4v) is 21.2. The van der Waals surface area contributed by atoms with E-state index in [1.807, 2.05) is 30.3 Å². The fraction of sp³-hybridized carbons (Fsp3) is 0. The third-order valence-electron chi connectivity index (χ3n) is 9.78. The maximum absolute atomic E-state index is 15.4. The third-order valence-corrected chi connectivity index (χ3v) is 23.5. The first-order chi connectivity index (χ1) is 30.9. The van der Waals surface area contributed by atoms with E-state index in [0.717, 1.165) is 14.7 Å². The van der Waals surface area contributed by atoms with Crippen molar-refractivity contribution in [1.82, 2.24) is 0 Å². The molecule has 0 amide bonds. The molecule has 24 heteroatoms. The average molecular weight is 1040 g/mol. The van der Waals surface area contributed by atoms with Gasteiger partial charge in [0.05, 0.1) is 10.9 Å². The smallest absolute Gasteiger partial charge is 0.166 e. The van der Waals surface area contributed by atoms with Crippen LogP contribution in [0.3, 0.4) is 0 Å². The van der Waals surface area contributed by atoms with Crippen molar-refractivity contribution in [2.75, 3.05) is 0 Å². The van der Waals surface area contributed by atoms with Gasteiger partial charge in [0.25, 0.3) is 0 Å². The first-order valence-electron chi connectivity index (χ1n) is 17.5. The molecule has 7 aromatic carbocycles. The van der Waals surface area contributed by atoms with Gasteiger partial charge in [-0.3, -0.25) is 0 Å². The summed E-state index contributed by atoms with van der Waals surface area (Å²) in [6, 6.07) is 23.0. The Morgan fingerprint density at radius 3 is 0.606 bits per heavy atom. The molecule has 0 aliphatic rings. The van der Waals surface area contributed by atoms with Crippen molar-refractivity contribution >= 4 is 42.4 Å². The zero-order valence-electron chi connectivity index (χ0n) is 31.3. The average Bonchev–Trinajstić information content (AvgIpc) is 3.30. The van der Waals surface area contributed by atoms with E-state index >= 15 is 35.1 Å². The summed E-state index contributed by atoms with van der Waals surface area (Å²) in [6.07, 6.45) is 0. The van der Waals surface area contributed by atoms with Crippen molar-refractivity contribution < 1.29 is 96.6 Å². The molecule has 7 aromatic rings. The zero-order valence-corrected chi connectivity index (χ0v) is 34.5. The van der Waals surface area contributed by atoms with E-state index in [0.29, 0.717) is 0 Å². The molecule has 0 nitrogen and oxygen atoms in total. The molecule has 0 heterocycles. The van der Waals surface area contributed by atoms with Crippen LogP contribution in [0.5, 0.6) is 0 Å². The Labute approximate surface area is 359 Å². The van der Waals surface area contributed by atoms with Gasteiger partial charge < -0.3 is 0 Å². The summed E-state index contributed by atoms with van der Waals surface area (Å²) in [5.74, 6) is -71.0. The zero-order chi connectivity index (χ0) is 49.0. The van der Waals surface area contributed by atoms with Crippen LogP contribution in [-0.2, 0) is 10.9 Å². The number of hydrogen-bond acceptors (Lipinski definition) is 0. The van der Waals surface area contributed by atoms with E-state index in [1.54, 1.807) is 24.3 Å². The van der Waals surface area contributed by atoms with Crippen LogP contribution in [0.25, 0.3) is 0 Å². The second kappa shape index (κ2) is 18.7. The molecule has 0 fully saturated rings. The van der Waals surface area contributed by atoms with Gasteiger partial charge in [-0.2, -0.15) is 0 Å². The Kier molecular flexibility index (Phi) is 14.0. The minimum Gasteiger partial charge on any atom is -0.207 e. The summed E-state index contributed by atoms with van der Waals surface area (Å²) in [5.41, 5.74) is 0. The first kappa shape index (κ1) is 49.4. The molecule has 7 rings (SSSR count). The molecule has 0 radical (unpaired) electrons. The Morgan fingerprint density at radius 2 is 0.394 bits per heavy atom. The number of halogens is 22. The van der Waals surface area contributed by atoms with Crippen LogP contribution >= 0.6 is 0 Å². The standard InChI is InChI=1S/C18H13F2S.4C6F5.Ga/c19-14-6-10-17(11-7-14)21(16-4-2-1-3-5-16)18-12-8-15(20)9-13-18;4*7-2-1-3(8)5(10)6(11)4(2)9;/h1-13H;;;;;/q+1;;;;;-1. The van der Waals surface area contributed by atoms with E-state index in [-0.39, 0.29) is 22.5 Å². The molecule has 66 heavy (non-hydrogen) atoms. The summed E-state index contributed by atoms with van der Waals surface area (Å²) < 4.78 is 307. The van der Waals surface area contributed by atoms with Crippen molar-refractivity contribution in [3.05, 3.63) is 207 Å².